The van der Waals surface area contributed by atoms with Gasteiger partial charge in [0, 0.05) is 43.8 Å². The van der Waals surface area contributed by atoms with Gasteiger partial charge in [-0.25, -0.2) is 13.8 Å². The third kappa shape index (κ3) is 4.03. The first kappa shape index (κ1) is 18.1. The molecule has 1 saturated heterocycles. The standard InChI is InChI=1S/C19H19F2N5O2/c1-27-14-4-2-13(3-5-14)15-12-17(28-25-15)23-16-6-9-22-18(24-16)26-10-7-19(20,21)8-11-26/h2-6,9,12H,7-8,10-11H2,1H3,(H,22,23,24). The highest BCUT2D eigenvalue weighted by atomic mass is 19.3. The number of hydrogen-bond acceptors (Lipinski definition) is 7. The Kier molecular flexibility index (Phi) is 4.81. The van der Waals surface area contributed by atoms with Gasteiger partial charge in [0.2, 0.25) is 11.8 Å². The lowest BCUT2D eigenvalue weighted by molar-refractivity contribution is -0.0222. The molecule has 0 bridgehead atoms. The Morgan fingerprint density at radius 3 is 2.61 bits per heavy atom. The first-order valence-electron chi connectivity index (χ1n) is 8.86. The fourth-order valence-corrected chi connectivity index (χ4v) is 2.96. The zero-order valence-corrected chi connectivity index (χ0v) is 15.2. The summed E-state index contributed by atoms with van der Waals surface area (Å²) in [5.74, 6) is -0.519. The van der Waals surface area contributed by atoms with Gasteiger partial charge in [0.15, 0.2) is 0 Å². The molecular formula is C19H19F2N5O2. The molecule has 3 heterocycles. The maximum absolute atomic E-state index is 13.3. The average molecular weight is 387 g/mol. The van der Waals surface area contributed by atoms with Crippen molar-refractivity contribution in [2.24, 2.45) is 0 Å². The summed E-state index contributed by atoms with van der Waals surface area (Å²) < 4.78 is 37.2. The zero-order chi connectivity index (χ0) is 19.6. The number of aromatic nitrogens is 3. The molecule has 1 fully saturated rings. The van der Waals surface area contributed by atoms with Crippen LogP contribution < -0.4 is 15.0 Å². The Bertz CT molecular complexity index is 936. The number of nitrogens with zero attached hydrogens (tertiary/aromatic N) is 4. The van der Waals surface area contributed by atoms with E-state index >= 15 is 0 Å². The number of piperidine rings is 1. The SMILES string of the molecule is COc1ccc(-c2cc(Nc3ccnc(N4CCC(F)(F)CC4)n3)on2)cc1. The highest BCUT2D eigenvalue weighted by Gasteiger charge is 2.34. The lowest BCUT2D eigenvalue weighted by atomic mass is 10.1. The first-order valence-corrected chi connectivity index (χ1v) is 8.86. The highest BCUT2D eigenvalue weighted by Crippen LogP contribution is 2.30. The second kappa shape index (κ2) is 7.41. The van der Waals surface area contributed by atoms with Crippen LogP contribution in [0.15, 0.2) is 47.1 Å². The van der Waals surface area contributed by atoms with E-state index in [1.54, 1.807) is 30.3 Å². The van der Waals surface area contributed by atoms with Crippen LogP contribution in [-0.4, -0.2) is 41.2 Å². The van der Waals surface area contributed by atoms with Gasteiger partial charge in [-0.3, -0.25) is 0 Å². The van der Waals surface area contributed by atoms with Crippen molar-refractivity contribution in [2.45, 2.75) is 18.8 Å². The lowest BCUT2D eigenvalue weighted by Gasteiger charge is -2.31. The molecule has 1 aliphatic rings. The van der Waals surface area contributed by atoms with Crippen molar-refractivity contribution in [2.75, 3.05) is 30.4 Å². The minimum atomic E-state index is -2.61. The quantitative estimate of drug-likeness (QED) is 0.706. The molecule has 28 heavy (non-hydrogen) atoms. The van der Waals surface area contributed by atoms with E-state index in [1.807, 2.05) is 24.3 Å². The van der Waals surface area contributed by atoms with E-state index in [4.69, 9.17) is 9.26 Å². The van der Waals surface area contributed by atoms with Crippen LogP contribution >= 0.6 is 0 Å². The third-order valence-corrected chi connectivity index (χ3v) is 4.57. The van der Waals surface area contributed by atoms with E-state index in [0.29, 0.717) is 23.3 Å². The first-order chi connectivity index (χ1) is 13.5. The number of halogens is 2. The lowest BCUT2D eigenvalue weighted by Crippen LogP contribution is -2.40. The molecule has 0 atom stereocenters. The molecule has 0 aliphatic carbocycles. The number of hydrogen-bond donors (Lipinski definition) is 1. The van der Waals surface area contributed by atoms with Crippen molar-refractivity contribution in [1.29, 1.82) is 0 Å². The van der Waals surface area contributed by atoms with Crippen LogP contribution in [0, 0.1) is 0 Å². The van der Waals surface area contributed by atoms with Gasteiger partial charge in [-0.15, -0.1) is 0 Å². The fraction of sp³-hybridized carbons (Fsp3) is 0.316. The Labute approximate surface area is 160 Å². The smallest absolute Gasteiger partial charge is 0.251 e. The van der Waals surface area contributed by atoms with Crippen molar-refractivity contribution >= 4 is 17.7 Å². The molecule has 0 amide bonds. The average Bonchev–Trinajstić information content (AvgIpc) is 3.17. The van der Waals surface area contributed by atoms with Crippen LogP contribution in [0.5, 0.6) is 5.75 Å². The molecule has 0 spiro atoms. The van der Waals surface area contributed by atoms with Gasteiger partial charge in [-0.2, -0.15) is 4.98 Å². The normalized spacial score (nSPS) is 16.0. The predicted molar refractivity (Wildman–Crippen MR) is 100 cm³/mol. The molecule has 2 aromatic heterocycles. The van der Waals surface area contributed by atoms with Crippen LogP contribution in [0.1, 0.15) is 12.8 Å². The Morgan fingerprint density at radius 2 is 1.89 bits per heavy atom. The molecule has 146 valence electrons. The van der Waals surface area contributed by atoms with Gasteiger partial charge in [0.05, 0.1) is 7.11 Å². The van der Waals surface area contributed by atoms with Crippen molar-refractivity contribution in [3.8, 4) is 17.0 Å². The molecule has 0 radical (unpaired) electrons. The number of benzene rings is 1. The second-order valence-corrected chi connectivity index (χ2v) is 6.51. The van der Waals surface area contributed by atoms with Crippen molar-refractivity contribution in [3.05, 3.63) is 42.6 Å². The summed E-state index contributed by atoms with van der Waals surface area (Å²) >= 11 is 0. The largest absolute Gasteiger partial charge is 0.497 e. The van der Waals surface area contributed by atoms with Crippen molar-refractivity contribution in [1.82, 2.24) is 15.1 Å². The molecule has 1 aliphatic heterocycles. The molecule has 1 N–H and O–H groups in total. The van der Waals surface area contributed by atoms with Crippen LogP contribution in [-0.2, 0) is 0 Å². The fourth-order valence-electron chi connectivity index (χ4n) is 2.96. The summed E-state index contributed by atoms with van der Waals surface area (Å²) in [7, 11) is 1.61. The molecule has 9 heteroatoms. The molecule has 0 saturated carbocycles. The topological polar surface area (TPSA) is 76.3 Å². The number of ether oxygens (including phenoxy) is 1. The summed E-state index contributed by atoms with van der Waals surface area (Å²) in [5, 5.41) is 7.08. The minimum absolute atomic E-state index is 0.193. The number of anilines is 3. The van der Waals surface area contributed by atoms with Gasteiger partial charge in [-0.1, -0.05) is 5.16 Å². The maximum atomic E-state index is 13.3. The summed E-state index contributed by atoms with van der Waals surface area (Å²) in [4.78, 5) is 10.3. The van der Waals surface area contributed by atoms with Gasteiger partial charge in [0.25, 0.3) is 5.92 Å². The molecule has 4 rings (SSSR count). The van der Waals surface area contributed by atoms with Crippen LogP contribution in [0.2, 0.25) is 0 Å². The molecule has 3 aromatic rings. The van der Waals surface area contributed by atoms with Gasteiger partial charge in [-0.05, 0) is 30.3 Å². The van der Waals surface area contributed by atoms with Gasteiger partial charge < -0.3 is 19.5 Å². The summed E-state index contributed by atoms with van der Waals surface area (Å²) in [6.45, 7) is 0.445. The number of methoxy groups -OCH3 is 1. The second-order valence-electron chi connectivity index (χ2n) is 6.51. The number of rotatable bonds is 5. The van der Waals surface area contributed by atoms with E-state index in [0.717, 1.165) is 11.3 Å². The van der Waals surface area contributed by atoms with Crippen LogP contribution in [0.3, 0.4) is 0 Å². The molecule has 1 aromatic carbocycles. The molecule has 0 unspecified atom stereocenters. The molecule has 7 nitrogen and oxygen atoms in total. The van der Waals surface area contributed by atoms with E-state index in [2.05, 4.69) is 20.4 Å². The van der Waals surface area contributed by atoms with Gasteiger partial charge >= 0.3 is 0 Å². The van der Waals surface area contributed by atoms with Crippen LogP contribution in [0.4, 0.5) is 26.4 Å². The highest BCUT2D eigenvalue weighted by molar-refractivity contribution is 5.64. The zero-order valence-electron chi connectivity index (χ0n) is 15.2. The Balaban J connectivity index is 1.45. The van der Waals surface area contributed by atoms with E-state index in [9.17, 15) is 8.78 Å². The summed E-state index contributed by atoms with van der Waals surface area (Å²) in [6, 6.07) is 10.9. The van der Waals surface area contributed by atoms with Crippen LogP contribution in [0.25, 0.3) is 11.3 Å². The Hall–Kier alpha value is -3.23. The van der Waals surface area contributed by atoms with Gasteiger partial charge in [0.1, 0.15) is 17.3 Å². The van der Waals surface area contributed by atoms with E-state index in [-0.39, 0.29) is 25.9 Å². The minimum Gasteiger partial charge on any atom is -0.497 e. The predicted octanol–water partition coefficient (Wildman–Crippen LogP) is 4.12. The maximum Gasteiger partial charge on any atom is 0.251 e. The molecular weight excluding hydrogens is 368 g/mol. The Morgan fingerprint density at radius 1 is 1.14 bits per heavy atom. The number of alkyl halides is 2. The van der Waals surface area contributed by atoms with E-state index < -0.39 is 5.92 Å². The van der Waals surface area contributed by atoms with Crippen molar-refractivity contribution < 1.29 is 18.0 Å². The number of nitrogens with one attached hydrogen (secondary N) is 1. The van der Waals surface area contributed by atoms with Crippen molar-refractivity contribution in [3.63, 3.8) is 0 Å². The summed E-state index contributed by atoms with van der Waals surface area (Å²) in [5.41, 5.74) is 1.55. The summed E-state index contributed by atoms with van der Waals surface area (Å²) in [6.07, 6.45) is 1.20. The van der Waals surface area contributed by atoms with E-state index in [1.165, 1.54) is 0 Å². The third-order valence-electron chi connectivity index (χ3n) is 4.57. The monoisotopic (exact) mass is 387 g/mol.